The molecule has 0 aliphatic carbocycles. The number of halogens is 2. The van der Waals surface area contributed by atoms with Crippen LogP contribution in [0.4, 0.5) is 10.3 Å². The van der Waals surface area contributed by atoms with Crippen molar-refractivity contribution >= 4 is 28.7 Å². The van der Waals surface area contributed by atoms with Crippen molar-refractivity contribution in [2.75, 3.05) is 12.3 Å². The Balaban J connectivity index is 2.16. The van der Waals surface area contributed by atoms with E-state index in [1.54, 1.807) is 6.92 Å². The SMILES string of the molecule is CCOc1nc(N)nc2c1ncn2[C@@H]1O[C@H](C(C)O)[C@@H](O)[C@]1(F)C#CCl. The standard InChI is InChI=1S/C15H17ClFN5O4/c1-3-25-12-8-11(20-14(18)21-12)22(6-19-8)13-15(17,4-5-16)10(24)9(26-13)7(2)23/h6-7,9-10,13,23-24H,3H2,1-2H3,(H2,18,20,21)/t7?,9-,10-,13-,15-/m1/s1. The van der Waals surface area contributed by atoms with E-state index in [0.717, 1.165) is 0 Å². The van der Waals surface area contributed by atoms with Crippen molar-refractivity contribution in [3.8, 4) is 17.2 Å². The Labute approximate surface area is 152 Å². The van der Waals surface area contributed by atoms with Gasteiger partial charge in [0.2, 0.25) is 17.5 Å². The molecule has 4 N–H and O–H groups in total. The van der Waals surface area contributed by atoms with Crippen LogP contribution in [0.2, 0.25) is 0 Å². The van der Waals surface area contributed by atoms with Crippen LogP contribution >= 0.6 is 11.6 Å². The van der Waals surface area contributed by atoms with Crippen molar-refractivity contribution in [1.29, 1.82) is 0 Å². The molecular formula is C15H17ClFN5O4. The Kier molecular flexibility index (Phi) is 4.90. The van der Waals surface area contributed by atoms with Crippen molar-refractivity contribution in [1.82, 2.24) is 19.5 Å². The van der Waals surface area contributed by atoms with Gasteiger partial charge in [-0.25, -0.2) is 9.37 Å². The molecule has 9 nitrogen and oxygen atoms in total. The van der Waals surface area contributed by atoms with Gasteiger partial charge in [-0.15, -0.1) is 0 Å². The molecule has 5 atom stereocenters. The zero-order valence-corrected chi connectivity index (χ0v) is 14.7. The number of ether oxygens (including phenoxy) is 2. The summed E-state index contributed by atoms with van der Waals surface area (Å²) in [5.74, 6) is 2.14. The summed E-state index contributed by atoms with van der Waals surface area (Å²) in [4.78, 5) is 12.1. The van der Waals surface area contributed by atoms with E-state index in [-0.39, 0.29) is 23.0 Å². The first-order chi connectivity index (χ1) is 12.3. The second kappa shape index (κ2) is 6.85. The van der Waals surface area contributed by atoms with Crippen molar-refractivity contribution in [3.05, 3.63) is 6.33 Å². The minimum atomic E-state index is -2.61. The maximum Gasteiger partial charge on any atom is 0.247 e. The van der Waals surface area contributed by atoms with Crippen LogP contribution in [0.1, 0.15) is 20.1 Å². The lowest BCUT2D eigenvalue weighted by molar-refractivity contribution is -0.0776. The quantitative estimate of drug-likeness (QED) is 0.643. The number of imidazole rings is 1. The van der Waals surface area contributed by atoms with Crippen LogP contribution in [0, 0.1) is 11.3 Å². The van der Waals surface area contributed by atoms with E-state index in [9.17, 15) is 10.2 Å². The molecule has 140 valence electrons. The number of rotatable bonds is 4. The number of nitrogen functional groups attached to an aromatic ring is 1. The maximum atomic E-state index is 15.5. The number of nitrogens with zero attached hydrogens (tertiary/aromatic N) is 4. The summed E-state index contributed by atoms with van der Waals surface area (Å²) < 4.78 is 27.7. The third-order valence-electron chi connectivity index (χ3n) is 4.04. The van der Waals surface area contributed by atoms with Gasteiger partial charge in [0.25, 0.3) is 0 Å². The highest BCUT2D eigenvalue weighted by atomic mass is 35.5. The van der Waals surface area contributed by atoms with E-state index in [1.807, 2.05) is 5.38 Å². The molecule has 3 rings (SSSR count). The lowest BCUT2D eigenvalue weighted by atomic mass is 9.95. The number of hydrogen-bond donors (Lipinski definition) is 3. The summed E-state index contributed by atoms with van der Waals surface area (Å²) in [5, 5.41) is 22.0. The number of aromatic nitrogens is 4. The highest BCUT2D eigenvalue weighted by Crippen LogP contribution is 2.43. The van der Waals surface area contributed by atoms with Crippen LogP contribution in [0.25, 0.3) is 11.2 Å². The van der Waals surface area contributed by atoms with Crippen molar-refractivity contribution in [3.63, 3.8) is 0 Å². The molecular weight excluding hydrogens is 369 g/mol. The molecule has 3 heterocycles. The van der Waals surface area contributed by atoms with E-state index in [1.165, 1.54) is 17.8 Å². The summed E-state index contributed by atoms with van der Waals surface area (Å²) in [6.07, 6.45) is -4.37. The van der Waals surface area contributed by atoms with Gasteiger partial charge in [-0.1, -0.05) is 0 Å². The highest BCUT2D eigenvalue weighted by molar-refractivity contribution is 6.30. The van der Waals surface area contributed by atoms with Crippen LogP contribution < -0.4 is 10.5 Å². The summed E-state index contributed by atoms with van der Waals surface area (Å²) in [6.45, 7) is 3.43. The predicted molar refractivity (Wildman–Crippen MR) is 90.0 cm³/mol. The number of anilines is 1. The fourth-order valence-electron chi connectivity index (χ4n) is 2.88. The largest absolute Gasteiger partial charge is 0.476 e. The zero-order chi connectivity index (χ0) is 19.1. The first-order valence-corrected chi connectivity index (χ1v) is 8.17. The molecule has 11 heteroatoms. The molecule has 1 aliphatic heterocycles. The fourth-order valence-corrected chi connectivity index (χ4v) is 3.02. The maximum absolute atomic E-state index is 15.5. The van der Waals surface area contributed by atoms with E-state index >= 15 is 4.39 Å². The lowest BCUT2D eigenvalue weighted by Crippen LogP contribution is -2.44. The number of hydrogen-bond acceptors (Lipinski definition) is 8. The number of nitrogens with two attached hydrogens (primary N) is 1. The summed E-state index contributed by atoms with van der Waals surface area (Å²) >= 11 is 5.38. The van der Waals surface area contributed by atoms with E-state index in [4.69, 9.17) is 26.8 Å². The second-order valence-corrected chi connectivity index (χ2v) is 5.96. The Bertz CT molecular complexity index is 882. The molecule has 2 aromatic rings. The van der Waals surface area contributed by atoms with Gasteiger partial charge in [0, 0.05) is 5.38 Å². The van der Waals surface area contributed by atoms with Gasteiger partial charge in [-0.05, 0) is 31.4 Å². The molecule has 0 bridgehead atoms. The van der Waals surface area contributed by atoms with Crippen LogP contribution in [-0.4, -0.2) is 60.3 Å². The first kappa shape index (κ1) is 18.6. The average Bonchev–Trinajstić information content (AvgIpc) is 3.08. The molecule has 1 saturated heterocycles. The Morgan fingerprint density at radius 2 is 2.31 bits per heavy atom. The van der Waals surface area contributed by atoms with Crippen molar-refractivity contribution < 1.29 is 24.1 Å². The monoisotopic (exact) mass is 385 g/mol. The number of aliphatic hydroxyl groups is 2. The number of alkyl halides is 1. The van der Waals surface area contributed by atoms with Gasteiger partial charge in [-0.3, -0.25) is 4.57 Å². The van der Waals surface area contributed by atoms with Gasteiger partial charge >= 0.3 is 0 Å². The summed E-state index contributed by atoms with van der Waals surface area (Å²) in [5.41, 5.74) is 3.45. The number of fused-ring (bicyclic) bond motifs is 1. The third-order valence-corrected chi connectivity index (χ3v) is 4.14. The molecule has 26 heavy (non-hydrogen) atoms. The molecule has 0 aromatic carbocycles. The van der Waals surface area contributed by atoms with Crippen LogP contribution in [-0.2, 0) is 4.74 Å². The van der Waals surface area contributed by atoms with Gasteiger partial charge in [0.15, 0.2) is 17.4 Å². The van der Waals surface area contributed by atoms with Gasteiger partial charge in [0.05, 0.1) is 19.0 Å². The molecule has 1 fully saturated rings. The van der Waals surface area contributed by atoms with Gasteiger partial charge < -0.3 is 25.4 Å². The molecule has 1 aliphatic rings. The van der Waals surface area contributed by atoms with E-state index < -0.39 is 30.2 Å². The minimum absolute atomic E-state index is 0.110. The Hall–Kier alpha value is -2.19. The topological polar surface area (TPSA) is 129 Å². The van der Waals surface area contributed by atoms with E-state index in [0.29, 0.717) is 6.61 Å². The van der Waals surface area contributed by atoms with Gasteiger partial charge in [-0.2, -0.15) is 9.97 Å². The lowest BCUT2D eigenvalue weighted by Gasteiger charge is -2.23. The molecule has 2 aromatic heterocycles. The third kappa shape index (κ3) is 2.83. The Morgan fingerprint density at radius 1 is 1.58 bits per heavy atom. The first-order valence-electron chi connectivity index (χ1n) is 7.79. The van der Waals surface area contributed by atoms with Crippen molar-refractivity contribution in [2.24, 2.45) is 0 Å². The fraction of sp³-hybridized carbons (Fsp3) is 0.533. The van der Waals surface area contributed by atoms with Crippen LogP contribution in [0.3, 0.4) is 0 Å². The molecule has 1 unspecified atom stereocenters. The second-order valence-electron chi connectivity index (χ2n) is 5.77. The Morgan fingerprint density at radius 3 is 2.92 bits per heavy atom. The van der Waals surface area contributed by atoms with E-state index in [2.05, 4.69) is 20.9 Å². The predicted octanol–water partition coefficient (Wildman–Crippen LogP) is 0.354. The highest BCUT2D eigenvalue weighted by Gasteiger charge is 2.59. The molecule has 0 spiro atoms. The van der Waals surface area contributed by atoms with Crippen LogP contribution in [0.15, 0.2) is 6.33 Å². The van der Waals surface area contributed by atoms with Crippen LogP contribution in [0.5, 0.6) is 5.88 Å². The molecule has 0 saturated carbocycles. The number of aliphatic hydroxyl groups excluding tert-OH is 2. The van der Waals surface area contributed by atoms with Crippen molar-refractivity contribution in [2.45, 2.75) is 44.1 Å². The van der Waals surface area contributed by atoms with Gasteiger partial charge in [0.1, 0.15) is 12.2 Å². The smallest absolute Gasteiger partial charge is 0.247 e. The average molecular weight is 386 g/mol. The minimum Gasteiger partial charge on any atom is -0.476 e. The molecule has 0 radical (unpaired) electrons. The summed E-state index contributed by atoms with van der Waals surface area (Å²) in [7, 11) is 0. The molecule has 0 amide bonds. The normalized spacial score (nSPS) is 29.4. The summed E-state index contributed by atoms with van der Waals surface area (Å²) in [6, 6.07) is 0. The zero-order valence-electron chi connectivity index (χ0n) is 13.9.